The van der Waals surface area contributed by atoms with Crippen LogP contribution in [0, 0.1) is 5.92 Å². The second kappa shape index (κ2) is 25.2. The summed E-state index contributed by atoms with van der Waals surface area (Å²) in [4.78, 5) is 0. The number of unbranched alkanes of at least 4 members (excludes halogenated alkanes) is 15. The van der Waals surface area contributed by atoms with E-state index in [1.165, 1.54) is 194 Å². The molecule has 0 aromatic heterocycles. The van der Waals surface area contributed by atoms with Crippen LogP contribution in [-0.2, 0) is 5.41 Å². The van der Waals surface area contributed by atoms with Crippen molar-refractivity contribution in [2.75, 3.05) is 11.5 Å². The molecule has 4 N–H and O–H groups in total. The highest BCUT2D eigenvalue weighted by Gasteiger charge is 2.38. The maximum Gasteiger partial charge on any atom is 0.0314 e. The van der Waals surface area contributed by atoms with Gasteiger partial charge in [0.05, 0.1) is 0 Å². The molecule has 58 heavy (non-hydrogen) atoms. The zero-order valence-electron chi connectivity index (χ0n) is 37.3. The van der Waals surface area contributed by atoms with Crippen LogP contribution in [0.3, 0.4) is 0 Å². The number of anilines is 2. The summed E-state index contributed by atoms with van der Waals surface area (Å²) in [6.07, 6.45) is 33.4. The Morgan fingerprint density at radius 3 is 1.09 bits per heavy atom. The molecule has 2 nitrogen and oxygen atoms in total. The Morgan fingerprint density at radius 1 is 0.414 bits per heavy atom. The van der Waals surface area contributed by atoms with Gasteiger partial charge in [-0.1, -0.05) is 216 Å². The molecule has 2 heteroatoms. The Labute approximate surface area is 356 Å². The van der Waals surface area contributed by atoms with E-state index in [-0.39, 0.29) is 5.41 Å². The fourth-order valence-corrected chi connectivity index (χ4v) is 10.3. The van der Waals surface area contributed by atoms with Gasteiger partial charge in [-0.25, -0.2) is 0 Å². The predicted molar refractivity (Wildman–Crippen MR) is 255 cm³/mol. The average Bonchev–Trinajstić information content (AvgIpc) is 3.26. The van der Waals surface area contributed by atoms with E-state index in [1.54, 1.807) is 0 Å². The van der Waals surface area contributed by atoms with Crippen molar-refractivity contribution in [3.63, 3.8) is 0 Å². The maximum absolute atomic E-state index is 6.14. The molecule has 1 aliphatic carbocycles. The van der Waals surface area contributed by atoms with Gasteiger partial charge >= 0.3 is 0 Å². The second-order valence-electron chi connectivity index (χ2n) is 18.4. The first kappa shape index (κ1) is 45.6. The SMILES string of the molecule is CCCCCCCCCCCCC1CCC(c2ccc(C(CCCCCC)c3ccc(N)cc3)cc2)(c2ccc(C(CCCCCC)c3ccc(N)cc3)cc2)CC1. The van der Waals surface area contributed by atoms with Crippen molar-refractivity contribution < 1.29 is 0 Å². The van der Waals surface area contributed by atoms with Gasteiger partial charge in [-0.05, 0) is 102 Å². The molecule has 0 heterocycles. The van der Waals surface area contributed by atoms with Crippen molar-refractivity contribution in [3.05, 3.63) is 130 Å². The van der Waals surface area contributed by atoms with Gasteiger partial charge in [0.25, 0.3) is 0 Å². The zero-order chi connectivity index (χ0) is 40.8. The van der Waals surface area contributed by atoms with E-state index in [0.29, 0.717) is 11.8 Å². The van der Waals surface area contributed by atoms with Gasteiger partial charge in [0, 0.05) is 28.6 Å². The molecule has 0 bridgehead atoms. The molecule has 0 spiro atoms. The summed E-state index contributed by atoms with van der Waals surface area (Å²) < 4.78 is 0. The molecular formula is C56H82N2. The smallest absolute Gasteiger partial charge is 0.0314 e. The summed E-state index contributed by atoms with van der Waals surface area (Å²) in [7, 11) is 0. The minimum Gasteiger partial charge on any atom is -0.399 e. The first-order valence-electron chi connectivity index (χ1n) is 24.4. The van der Waals surface area contributed by atoms with Gasteiger partial charge in [-0.15, -0.1) is 0 Å². The summed E-state index contributed by atoms with van der Waals surface area (Å²) in [5, 5.41) is 0. The molecule has 4 aromatic rings. The standard InChI is InChI=1S/C56H82N2/c1-4-7-10-13-14-15-16-17-18-19-22-45-41-43-56(44-42-45,50-33-25-46(26-34-50)54(23-20-11-8-5-2)48-29-37-52(57)38-30-48)51-35-27-47(28-36-51)55(24-21-12-9-6-3)49-31-39-53(58)40-32-49/h25-40,45,54-55H,4-24,41-44,57-58H2,1-3H3. The third-order valence-corrected chi connectivity index (χ3v) is 14.0. The summed E-state index contributed by atoms with van der Waals surface area (Å²) >= 11 is 0. The van der Waals surface area contributed by atoms with Gasteiger partial charge in [-0.3, -0.25) is 0 Å². The molecule has 316 valence electrons. The minimum atomic E-state index is 0.0565. The molecule has 0 saturated heterocycles. The van der Waals surface area contributed by atoms with Crippen molar-refractivity contribution >= 4 is 11.4 Å². The van der Waals surface area contributed by atoms with E-state index >= 15 is 0 Å². The van der Waals surface area contributed by atoms with Gasteiger partial charge in [0.15, 0.2) is 0 Å². The van der Waals surface area contributed by atoms with Crippen LogP contribution in [0.4, 0.5) is 11.4 Å². The van der Waals surface area contributed by atoms with Gasteiger partial charge in [0.2, 0.25) is 0 Å². The van der Waals surface area contributed by atoms with Gasteiger partial charge in [0.1, 0.15) is 0 Å². The van der Waals surface area contributed by atoms with Crippen molar-refractivity contribution in [1.29, 1.82) is 0 Å². The Balaban J connectivity index is 1.34. The molecule has 1 aliphatic rings. The van der Waals surface area contributed by atoms with Gasteiger partial charge < -0.3 is 11.5 Å². The first-order chi connectivity index (χ1) is 28.5. The fourth-order valence-electron chi connectivity index (χ4n) is 10.3. The van der Waals surface area contributed by atoms with E-state index in [1.807, 2.05) is 0 Å². The van der Waals surface area contributed by atoms with E-state index in [2.05, 4.69) is 118 Å². The topological polar surface area (TPSA) is 52.0 Å². The maximum atomic E-state index is 6.14. The van der Waals surface area contributed by atoms with Crippen molar-refractivity contribution in [2.24, 2.45) is 5.92 Å². The summed E-state index contributed by atoms with van der Waals surface area (Å²) in [6, 6.07) is 37.4. The zero-order valence-corrected chi connectivity index (χ0v) is 37.3. The molecule has 0 radical (unpaired) electrons. The number of hydrogen-bond acceptors (Lipinski definition) is 2. The minimum absolute atomic E-state index is 0.0565. The van der Waals surface area contributed by atoms with Crippen LogP contribution in [0.5, 0.6) is 0 Å². The number of benzene rings is 4. The van der Waals surface area contributed by atoms with Crippen LogP contribution in [-0.4, -0.2) is 0 Å². The second-order valence-corrected chi connectivity index (χ2v) is 18.4. The summed E-state index contributed by atoms with van der Waals surface area (Å²) in [5.74, 6) is 1.67. The lowest BCUT2D eigenvalue weighted by Gasteiger charge is -2.42. The third kappa shape index (κ3) is 13.8. The third-order valence-electron chi connectivity index (χ3n) is 14.0. The van der Waals surface area contributed by atoms with E-state index in [0.717, 1.165) is 17.3 Å². The van der Waals surface area contributed by atoms with Crippen LogP contribution in [0.25, 0.3) is 0 Å². The van der Waals surface area contributed by atoms with Crippen LogP contribution in [0.1, 0.15) is 227 Å². The van der Waals surface area contributed by atoms with E-state index in [4.69, 9.17) is 11.5 Å². The molecule has 2 unspecified atom stereocenters. The van der Waals surface area contributed by atoms with E-state index in [9.17, 15) is 0 Å². The predicted octanol–water partition coefficient (Wildman–Crippen LogP) is 16.8. The van der Waals surface area contributed by atoms with Crippen molar-refractivity contribution in [1.82, 2.24) is 0 Å². The fraction of sp³-hybridized carbons (Fsp3) is 0.571. The number of nitrogens with two attached hydrogens (primary N) is 2. The molecule has 0 aliphatic heterocycles. The van der Waals surface area contributed by atoms with Crippen molar-refractivity contribution in [3.8, 4) is 0 Å². The quantitative estimate of drug-likeness (QED) is 0.0467. The van der Waals surface area contributed by atoms with Crippen LogP contribution in [0.2, 0.25) is 0 Å². The molecule has 5 rings (SSSR count). The lowest BCUT2D eigenvalue weighted by Crippen LogP contribution is -2.33. The lowest BCUT2D eigenvalue weighted by atomic mass is 9.62. The summed E-state index contributed by atoms with van der Waals surface area (Å²) in [5.41, 5.74) is 22.7. The monoisotopic (exact) mass is 783 g/mol. The number of rotatable bonds is 27. The number of nitrogen functional groups attached to an aromatic ring is 2. The average molecular weight is 783 g/mol. The molecular weight excluding hydrogens is 701 g/mol. The highest BCUT2D eigenvalue weighted by atomic mass is 14.5. The van der Waals surface area contributed by atoms with E-state index < -0.39 is 0 Å². The van der Waals surface area contributed by atoms with Crippen LogP contribution in [0.15, 0.2) is 97.1 Å². The Morgan fingerprint density at radius 2 is 0.724 bits per heavy atom. The van der Waals surface area contributed by atoms with Crippen molar-refractivity contribution in [2.45, 2.75) is 199 Å². The largest absolute Gasteiger partial charge is 0.399 e. The molecule has 2 atom stereocenters. The molecule has 1 fully saturated rings. The Kier molecular flexibility index (Phi) is 19.8. The van der Waals surface area contributed by atoms with Crippen LogP contribution >= 0.6 is 0 Å². The molecule has 4 aromatic carbocycles. The Bertz CT molecular complexity index is 1540. The molecule has 1 saturated carbocycles. The highest BCUT2D eigenvalue weighted by molar-refractivity contribution is 5.47. The lowest BCUT2D eigenvalue weighted by molar-refractivity contribution is 0.250. The highest BCUT2D eigenvalue weighted by Crippen LogP contribution is 2.48. The van der Waals surface area contributed by atoms with Crippen LogP contribution < -0.4 is 11.5 Å². The summed E-state index contributed by atoms with van der Waals surface area (Å²) in [6.45, 7) is 6.92. The first-order valence-corrected chi connectivity index (χ1v) is 24.4. The normalized spacial score (nSPS) is 17.9. The van der Waals surface area contributed by atoms with Gasteiger partial charge in [-0.2, -0.15) is 0 Å². The molecule has 0 amide bonds. The Hall–Kier alpha value is -3.52. The number of hydrogen-bond donors (Lipinski definition) is 2.